The average molecular weight is 477 g/mol. The molecule has 0 atom stereocenters. The minimum Gasteiger partial charge on any atom is -0.444 e. The lowest BCUT2D eigenvalue weighted by Crippen LogP contribution is -2.41. The first-order valence-corrected chi connectivity index (χ1v) is 12.7. The van der Waals surface area contributed by atoms with Crippen molar-refractivity contribution in [3.8, 4) is 5.82 Å². The van der Waals surface area contributed by atoms with Crippen LogP contribution < -0.4 is 5.32 Å². The number of ether oxygens (including phenoxy) is 1. The van der Waals surface area contributed by atoms with Crippen molar-refractivity contribution >= 4 is 22.8 Å². The number of fused-ring (bicyclic) bond motifs is 1. The molecule has 0 radical (unpaired) electrons. The lowest BCUT2D eigenvalue weighted by Gasteiger charge is -2.34. The molecule has 0 spiro atoms. The minimum absolute atomic E-state index is 0.216. The number of anilines is 1. The third kappa shape index (κ3) is 5.11. The van der Waals surface area contributed by atoms with Gasteiger partial charge in [0.2, 0.25) is 0 Å². The molecule has 1 aliphatic heterocycles. The first kappa shape index (κ1) is 23.6. The Hall–Kier alpha value is -3.16. The Kier molecular flexibility index (Phi) is 6.15. The number of aromatic nitrogens is 4. The average Bonchev–Trinajstić information content (AvgIpc) is 3.17. The van der Waals surface area contributed by atoms with Crippen LogP contribution in [0.5, 0.6) is 0 Å². The van der Waals surface area contributed by atoms with Gasteiger partial charge in [0, 0.05) is 30.6 Å². The van der Waals surface area contributed by atoms with Gasteiger partial charge in [0.25, 0.3) is 0 Å². The van der Waals surface area contributed by atoms with Crippen LogP contribution in [0.15, 0.2) is 24.4 Å². The van der Waals surface area contributed by atoms with Gasteiger partial charge in [-0.25, -0.2) is 19.4 Å². The number of likely N-dealkylation sites (tertiary alicyclic amines) is 1. The van der Waals surface area contributed by atoms with Crippen molar-refractivity contribution in [3.63, 3.8) is 0 Å². The predicted octanol–water partition coefficient (Wildman–Crippen LogP) is 5.51. The molecular weight excluding hydrogens is 440 g/mol. The molecule has 2 aromatic heterocycles. The zero-order valence-electron chi connectivity index (χ0n) is 21.5. The Morgan fingerprint density at radius 1 is 1.06 bits per heavy atom. The molecule has 5 rings (SSSR count). The predicted molar refractivity (Wildman–Crippen MR) is 137 cm³/mol. The van der Waals surface area contributed by atoms with Crippen molar-refractivity contribution in [2.24, 2.45) is 0 Å². The number of hydrogen-bond acceptors (Lipinski definition) is 6. The quantitative estimate of drug-likeness (QED) is 0.534. The molecule has 1 aromatic carbocycles. The molecule has 2 aliphatic rings. The van der Waals surface area contributed by atoms with E-state index in [1.165, 1.54) is 30.4 Å². The number of carbonyl (C=O) groups excluding carboxylic acids is 1. The number of rotatable bonds is 4. The van der Waals surface area contributed by atoms with E-state index in [-0.39, 0.29) is 6.09 Å². The summed E-state index contributed by atoms with van der Waals surface area (Å²) in [4.78, 5) is 23.6. The van der Waals surface area contributed by atoms with E-state index in [0.717, 1.165) is 41.2 Å². The number of aryl methyl sites for hydroxylation is 2. The van der Waals surface area contributed by atoms with Crippen LogP contribution in [-0.2, 0) is 4.74 Å². The van der Waals surface area contributed by atoms with Crippen molar-refractivity contribution in [2.45, 2.75) is 84.3 Å². The molecule has 186 valence electrons. The second-order valence-corrected chi connectivity index (χ2v) is 11.0. The van der Waals surface area contributed by atoms with Crippen LogP contribution >= 0.6 is 0 Å². The molecule has 1 saturated heterocycles. The third-order valence-corrected chi connectivity index (χ3v) is 7.04. The van der Waals surface area contributed by atoms with Gasteiger partial charge in [0.05, 0.1) is 11.7 Å². The van der Waals surface area contributed by atoms with E-state index >= 15 is 0 Å². The van der Waals surface area contributed by atoms with Crippen LogP contribution in [0.3, 0.4) is 0 Å². The van der Waals surface area contributed by atoms with Crippen LogP contribution in [0.4, 0.5) is 10.6 Å². The molecule has 0 unspecified atom stereocenters. The monoisotopic (exact) mass is 476 g/mol. The number of carbonyl (C=O) groups is 1. The Bertz CT molecular complexity index is 1230. The number of piperidine rings is 1. The van der Waals surface area contributed by atoms with E-state index in [4.69, 9.17) is 9.72 Å². The summed E-state index contributed by atoms with van der Waals surface area (Å²) in [6, 6.07) is 6.99. The van der Waals surface area contributed by atoms with Crippen LogP contribution in [0.25, 0.3) is 16.7 Å². The van der Waals surface area contributed by atoms with Crippen molar-refractivity contribution in [1.82, 2.24) is 24.6 Å². The molecule has 3 heterocycles. The van der Waals surface area contributed by atoms with E-state index in [1.807, 2.05) is 49.5 Å². The Morgan fingerprint density at radius 2 is 1.80 bits per heavy atom. The SMILES string of the molecule is Cc1nc(NC2CCC2)cc(-n2ncc3cc(C)c(C4CCN(C(=O)OC(C)(C)C)CC4)cc32)n1. The highest BCUT2D eigenvalue weighted by Gasteiger charge is 2.28. The van der Waals surface area contributed by atoms with Gasteiger partial charge in [-0.2, -0.15) is 5.10 Å². The molecule has 1 amide bonds. The van der Waals surface area contributed by atoms with Crippen molar-refractivity contribution in [1.29, 1.82) is 0 Å². The summed E-state index contributed by atoms with van der Waals surface area (Å²) in [5.41, 5.74) is 3.16. The van der Waals surface area contributed by atoms with Crippen molar-refractivity contribution < 1.29 is 9.53 Å². The van der Waals surface area contributed by atoms with E-state index < -0.39 is 5.60 Å². The topological polar surface area (TPSA) is 85.2 Å². The maximum Gasteiger partial charge on any atom is 0.410 e. The van der Waals surface area contributed by atoms with E-state index in [0.29, 0.717) is 25.0 Å². The maximum absolute atomic E-state index is 12.5. The lowest BCUT2D eigenvalue weighted by atomic mass is 9.86. The van der Waals surface area contributed by atoms with Gasteiger partial charge in [0.1, 0.15) is 17.2 Å². The molecular formula is C27H36N6O2. The molecule has 3 aromatic rings. The van der Waals surface area contributed by atoms with Gasteiger partial charge in [-0.3, -0.25) is 0 Å². The molecule has 0 bridgehead atoms. The summed E-state index contributed by atoms with van der Waals surface area (Å²) in [5.74, 6) is 2.77. The second-order valence-electron chi connectivity index (χ2n) is 11.0. The molecule has 8 nitrogen and oxygen atoms in total. The fraction of sp³-hybridized carbons (Fsp3) is 0.556. The van der Waals surface area contributed by atoms with Gasteiger partial charge in [-0.1, -0.05) is 0 Å². The van der Waals surface area contributed by atoms with E-state index in [9.17, 15) is 4.79 Å². The standard InChI is InChI=1S/C27H36N6O2/c1-17-13-20-16-28-33(25-15-24(29-18(2)30-25)31-21-7-6-8-21)23(20)14-22(17)19-9-11-32(12-10-19)26(34)35-27(3,4)5/h13-16,19,21H,6-12H2,1-5H3,(H,29,30,31). The van der Waals surface area contributed by atoms with Gasteiger partial charge >= 0.3 is 6.09 Å². The van der Waals surface area contributed by atoms with Gasteiger partial charge in [-0.05, 0) is 95.9 Å². The minimum atomic E-state index is -0.472. The lowest BCUT2D eigenvalue weighted by molar-refractivity contribution is 0.0205. The third-order valence-electron chi connectivity index (χ3n) is 7.04. The van der Waals surface area contributed by atoms with E-state index in [1.54, 1.807) is 0 Å². The highest BCUT2D eigenvalue weighted by Crippen LogP contribution is 2.34. The zero-order chi connectivity index (χ0) is 24.7. The summed E-state index contributed by atoms with van der Waals surface area (Å²) in [6.07, 6.45) is 7.19. The molecule has 1 aliphatic carbocycles. The largest absolute Gasteiger partial charge is 0.444 e. The highest BCUT2D eigenvalue weighted by molar-refractivity contribution is 5.82. The number of benzene rings is 1. The van der Waals surface area contributed by atoms with Crippen LogP contribution in [0, 0.1) is 13.8 Å². The molecule has 2 fully saturated rings. The highest BCUT2D eigenvalue weighted by atomic mass is 16.6. The van der Waals surface area contributed by atoms with Crippen molar-refractivity contribution in [3.05, 3.63) is 41.3 Å². The van der Waals surface area contributed by atoms with Crippen LogP contribution in [-0.4, -0.2) is 55.5 Å². The molecule has 1 N–H and O–H groups in total. The van der Waals surface area contributed by atoms with Gasteiger partial charge in [-0.15, -0.1) is 0 Å². The van der Waals surface area contributed by atoms with Gasteiger partial charge in [0.15, 0.2) is 5.82 Å². The Morgan fingerprint density at radius 3 is 2.46 bits per heavy atom. The fourth-order valence-corrected chi connectivity index (χ4v) is 5.02. The smallest absolute Gasteiger partial charge is 0.410 e. The summed E-state index contributed by atoms with van der Waals surface area (Å²) in [7, 11) is 0. The number of nitrogens with zero attached hydrogens (tertiary/aromatic N) is 5. The molecule has 35 heavy (non-hydrogen) atoms. The number of amides is 1. The molecule has 1 saturated carbocycles. The first-order chi connectivity index (χ1) is 16.7. The van der Waals surface area contributed by atoms with Crippen molar-refractivity contribution in [2.75, 3.05) is 18.4 Å². The summed E-state index contributed by atoms with van der Waals surface area (Å²) < 4.78 is 7.49. The number of hydrogen-bond donors (Lipinski definition) is 1. The number of nitrogens with one attached hydrogen (secondary N) is 1. The molecule has 8 heteroatoms. The maximum atomic E-state index is 12.5. The fourth-order valence-electron chi connectivity index (χ4n) is 5.02. The first-order valence-electron chi connectivity index (χ1n) is 12.7. The summed E-state index contributed by atoms with van der Waals surface area (Å²) in [5, 5.41) is 9.32. The Balaban J connectivity index is 1.38. The summed E-state index contributed by atoms with van der Waals surface area (Å²) >= 11 is 0. The zero-order valence-corrected chi connectivity index (χ0v) is 21.5. The van der Waals surface area contributed by atoms with E-state index in [2.05, 4.69) is 34.5 Å². The normalized spacial score (nSPS) is 17.5. The second kappa shape index (κ2) is 9.13. The van der Waals surface area contributed by atoms with Crippen LogP contribution in [0.2, 0.25) is 0 Å². The Labute approximate surface area is 207 Å². The van der Waals surface area contributed by atoms with Gasteiger partial charge < -0.3 is 15.0 Å². The summed E-state index contributed by atoms with van der Waals surface area (Å²) in [6.45, 7) is 11.2. The van der Waals surface area contributed by atoms with Crippen LogP contribution in [0.1, 0.15) is 75.7 Å².